The van der Waals surface area contributed by atoms with Gasteiger partial charge < -0.3 is 9.64 Å². The molecule has 0 aliphatic carbocycles. The van der Waals surface area contributed by atoms with Crippen molar-refractivity contribution >= 4 is 15.8 Å². The quantitative estimate of drug-likeness (QED) is 0.809. The van der Waals surface area contributed by atoms with E-state index in [4.69, 9.17) is 4.74 Å². The maximum Gasteiger partial charge on any atom is 0.214 e. The molecule has 3 rings (SSSR count). The fraction of sp³-hybridized carbons (Fsp3) is 0.750. The number of rotatable bonds is 4. The molecule has 1 atom stereocenters. The Balaban J connectivity index is 1.76. The first kappa shape index (κ1) is 17.6. The third-order valence-corrected chi connectivity index (χ3v) is 6.74. The summed E-state index contributed by atoms with van der Waals surface area (Å²) in [6.45, 7) is 6.70. The van der Waals surface area contributed by atoms with Crippen molar-refractivity contribution in [2.24, 2.45) is 0 Å². The Morgan fingerprint density at radius 3 is 2.79 bits per heavy atom. The van der Waals surface area contributed by atoms with Crippen LogP contribution in [0.15, 0.2) is 12.1 Å². The fourth-order valence-corrected chi connectivity index (χ4v) is 5.09. The van der Waals surface area contributed by atoms with Gasteiger partial charge in [-0.15, -0.1) is 5.10 Å². The Bertz CT molecular complexity index is 660. The van der Waals surface area contributed by atoms with Gasteiger partial charge in [-0.05, 0) is 38.3 Å². The molecule has 2 fully saturated rings. The molecule has 8 heteroatoms. The predicted molar refractivity (Wildman–Crippen MR) is 92.5 cm³/mol. The second-order valence-corrected chi connectivity index (χ2v) is 8.83. The molecular formula is C16H26N4O3S. The van der Waals surface area contributed by atoms with Crippen molar-refractivity contribution in [1.82, 2.24) is 14.5 Å². The van der Waals surface area contributed by atoms with Gasteiger partial charge in [-0.2, -0.15) is 9.40 Å². The third kappa shape index (κ3) is 3.70. The number of ether oxygens (including phenoxy) is 1. The molecule has 1 aromatic heterocycles. The van der Waals surface area contributed by atoms with Crippen LogP contribution in [0.1, 0.15) is 31.9 Å². The van der Waals surface area contributed by atoms with Crippen LogP contribution in [0.2, 0.25) is 0 Å². The molecule has 134 valence electrons. The molecule has 1 aromatic rings. The third-order valence-electron chi connectivity index (χ3n) is 4.72. The molecule has 0 bridgehead atoms. The summed E-state index contributed by atoms with van der Waals surface area (Å²) in [4.78, 5) is 2.16. The molecule has 0 radical (unpaired) electrons. The number of aromatic nitrogens is 2. The van der Waals surface area contributed by atoms with Gasteiger partial charge in [0.15, 0.2) is 5.82 Å². The SMILES string of the molecule is CCCS(=O)(=O)N1CCO[C@]2(CCCN(c3ccc(C)nn3)C2)C1. The zero-order chi connectivity index (χ0) is 17.2. The molecule has 2 aliphatic heterocycles. The minimum Gasteiger partial charge on any atom is -0.370 e. The van der Waals surface area contributed by atoms with E-state index < -0.39 is 15.6 Å². The summed E-state index contributed by atoms with van der Waals surface area (Å²) in [6, 6.07) is 3.92. The van der Waals surface area contributed by atoms with E-state index in [1.807, 2.05) is 26.0 Å². The van der Waals surface area contributed by atoms with Gasteiger partial charge in [0, 0.05) is 26.2 Å². The highest BCUT2D eigenvalue weighted by molar-refractivity contribution is 7.89. The van der Waals surface area contributed by atoms with Crippen molar-refractivity contribution in [2.45, 2.75) is 38.7 Å². The molecular weight excluding hydrogens is 328 g/mol. The molecule has 0 saturated carbocycles. The minimum atomic E-state index is -3.19. The van der Waals surface area contributed by atoms with Crippen LogP contribution >= 0.6 is 0 Å². The van der Waals surface area contributed by atoms with Gasteiger partial charge in [-0.1, -0.05) is 6.92 Å². The van der Waals surface area contributed by atoms with Crippen molar-refractivity contribution < 1.29 is 13.2 Å². The normalized spacial score (nSPS) is 26.0. The fourth-order valence-electron chi connectivity index (χ4n) is 3.54. The van der Waals surface area contributed by atoms with E-state index in [2.05, 4.69) is 15.1 Å². The topological polar surface area (TPSA) is 75.6 Å². The smallest absolute Gasteiger partial charge is 0.214 e. The lowest BCUT2D eigenvalue weighted by Gasteiger charge is -2.47. The largest absolute Gasteiger partial charge is 0.370 e. The summed E-state index contributed by atoms with van der Waals surface area (Å²) in [7, 11) is -3.19. The Labute approximate surface area is 144 Å². The van der Waals surface area contributed by atoms with E-state index in [1.165, 1.54) is 0 Å². The average Bonchev–Trinajstić information content (AvgIpc) is 2.55. The Kier molecular flexibility index (Phi) is 5.08. The predicted octanol–water partition coefficient (Wildman–Crippen LogP) is 1.20. The van der Waals surface area contributed by atoms with Gasteiger partial charge in [0.2, 0.25) is 10.0 Å². The minimum absolute atomic E-state index is 0.205. The molecule has 0 aromatic carbocycles. The van der Waals surface area contributed by atoms with Crippen LogP contribution in [-0.4, -0.2) is 67.1 Å². The van der Waals surface area contributed by atoms with Gasteiger partial charge in [-0.25, -0.2) is 8.42 Å². The summed E-state index contributed by atoms with van der Waals surface area (Å²) >= 11 is 0. The monoisotopic (exact) mass is 354 g/mol. The highest BCUT2D eigenvalue weighted by Gasteiger charge is 2.43. The molecule has 1 spiro atoms. The number of aryl methyl sites for hydroxylation is 1. The maximum absolute atomic E-state index is 12.4. The molecule has 24 heavy (non-hydrogen) atoms. The van der Waals surface area contributed by atoms with Crippen LogP contribution in [0.5, 0.6) is 0 Å². The molecule has 0 unspecified atom stereocenters. The van der Waals surface area contributed by atoms with E-state index in [-0.39, 0.29) is 5.75 Å². The van der Waals surface area contributed by atoms with Crippen molar-refractivity contribution in [3.63, 3.8) is 0 Å². The number of morpholine rings is 1. The lowest BCUT2D eigenvalue weighted by molar-refractivity contribution is -0.0950. The Morgan fingerprint density at radius 1 is 1.25 bits per heavy atom. The second-order valence-electron chi connectivity index (χ2n) is 6.74. The van der Waals surface area contributed by atoms with Crippen LogP contribution < -0.4 is 4.90 Å². The van der Waals surface area contributed by atoms with Gasteiger partial charge in [-0.3, -0.25) is 0 Å². The van der Waals surface area contributed by atoms with Crippen molar-refractivity contribution in [3.8, 4) is 0 Å². The molecule has 7 nitrogen and oxygen atoms in total. The first-order chi connectivity index (χ1) is 11.4. The van der Waals surface area contributed by atoms with E-state index >= 15 is 0 Å². The van der Waals surface area contributed by atoms with Crippen molar-refractivity contribution in [1.29, 1.82) is 0 Å². The van der Waals surface area contributed by atoms with Crippen LogP contribution in [-0.2, 0) is 14.8 Å². The molecule has 3 heterocycles. The summed E-state index contributed by atoms with van der Waals surface area (Å²) < 4.78 is 32.6. The number of sulfonamides is 1. The first-order valence-electron chi connectivity index (χ1n) is 8.61. The number of piperidine rings is 1. The van der Waals surface area contributed by atoms with Crippen LogP contribution in [0.3, 0.4) is 0 Å². The number of anilines is 1. The molecule has 2 aliphatic rings. The average molecular weight is 354 g/mol. The zero-order valence-corrected chi connectivity index (χ0v) is 15.3. The lowest BCUT2D eigenvalue weighted by atomic mass is 9.91. The Hall–Kier alpha value is -1.25. The van der Waals surface area contributed by atoms with E-state index in [0.717, 1.165) is 30.9 Å². The lowest BCUT2D eigenvalue weighted by Crippen LogP contribution is -2.61. The zero-order valence-electron chi connectivity index (χ0n) is 14.4. The van der Waals surface area contributed by atoms with Gasteiger partial charge >= 0.3 is 0 Å². The van der Waals surface area contributed by atoms with E-state index in [1.54, 1.807) is 4.31 Å². The van der Waals surface area contributed by atoms with Crippen LogP contribution in [0.25, 0.3) is 0 Å². The summed E-state index contributed by atoms with van der Waals surface area (Å²) in [5.41, 5.74) is 0.445. The molecule has 0 amide bonds. The highest BCUT2D eigenvalue weighted by Crippen LogP contribution is 2.31. The van der Waals surface area contributed by atoms with Gasteiger partial charge in [0.25, 0.3) is 0 Å². The summed E-state index contributed by atoms with van der Waals surface area (Å²) in [5.74, 6) is 1.03. The summed E-state index contributed by atoms with van der Waals surface area (Å²) in [6.07, 6.45) is 2.47. The second kappa shape index (κ2) is 6.93. The number of nitrogens with zero attached hydrogens (tertiary/aromatic N) is 4. The number of hydrogen-bond donors (Lipinski definition) is 0. The van der Waals surface area contributed by atoms with Gasteiger partial charge in [0.05, 0.1) is 23.7 Å². The van der Waals surface area contributed by atoms with Crippen molar-refractivity contribution in [3.05, 3.63) is 17.8 Å². The van der Waals surface area contributed by atoms with E-state index in [0.29, 0.717) is 32.7 Å². The molecule has 0 N–H and O–H groups in total. The number of hydrogen-bond acceptors (Lipinski definition) is 6. The van der Waals surface area contributed by atoms with E-state index in [9.17, 15) is 8.42 Å². The Morgan fingerprint density at radius 2 is 2.08 bits per heavy atom. The maximum atomic E-state index is 12.4. The van der Waals surface area contributed by atoms with Crippen LogP contribution in [0, 0.1) is 6.92 Å². The first-order valence-corrected chi connectivity index (χ1v) is 10.2. The standard InChI is InChI=1S/C16H26N4O3S/c1-3-11-24(21,22)20-9-10-23-16(13-20)7-4-8-19(12-16)15-6-5-14(2)17-18-15/h5-6H,3-4,7-13H2,1-2H3/t16-/m0/s1. The molecule has 2 saturated heterocycles. The van der Waals surface area contributed by atoms with Crippen molar-refractivity contribution in [2.75, 3.05) is 43.4 Å². The van der Waals surface area contributed by atoms with Crippen LogP contribution in [0.4, 0.5) is 5.82 Å². The van der Waals surface area contributed by atoms with Gasteiger partial charge in [0.1, 0.15) is 0 Å². The highest BCUT2D eigenvalue weighted by atomic mass is 32.2. The summed E-state index contributed by atoms with van der Waals surface area (Å²) in [5, 5.41) is 8.39.